The number of esters is 1. The Morgan fingerprint density at radius 3 is 2.46 bits per heavy atom. The molecule has 1 aromatic rings. The standard InChI is InChI=1S/C21H29NO4/c1-5-7-8-10-19(24)13-16(15(3)23)11-17-12-18(9-6-2)22-14-20(17)21(25)26-4/h11-12,14H,5-10,13H2,1-4H3/b16-11+. The van der Waals surface area contributed by atoms with Gasteiger partial charge in [-0.25, -0.2) is 4.79 Å². The number of ether oxygens (including phenoxy) is 1. The minimum Gasteiger partial charge on any atom is -0.465 e. The van der Waals surface area contributed by atoms with Crippen LogP contribution in [0.3, 0.4) is 0 Å². The predicted molar refractivity (Wildman–Crippen MR) is 102 cm³/mol. The lowest BCUT2D eigenvalue weighted by Gasteiger charge is -2.09. The molecule has 26 heavy (non-hydrogen) atoms. The van der Waals surface area contributed by atoms with Crippen LogP contribution in [0.25, 0.3) is 6.08 Å². The molecule has 0 aliphatic rings. The van der Waals surface area contributed by atoms with Crippen LogP contribution < -0.4 is 0 Å². The first-order valence-electron chi connectivity index (χ1n) is 9.23. The summed E-state index contributed by atoms with van der Waals surface area (Å²) in [6, 6.07) is 1.79. The van der Waals surface area contributed by atoms with Gasteiger partial charge < -0.3 is 4.74 Å². The van der Waals surface area contributed by atoms with Gasteiger partial charge in [0.05, 0.1) is 12.7 Å². The summed E-state index contributed by atoms with van der Waals surface area (Å²) in [5, 5.41) is 0. The summed E-state index contributed by atoms with van der Waals surface area (Å²) in [5.74, 6) is -0.634. The Hall–Kier alpha value is -2.30. The molecule has 0 fully saturated rings. The van der Waals surface area contributed by atoms with Gasteiger partial charge in [0.15, 0.2) is 5.78 Å². The molecule has 1 heterocycles. The van der Waals surface area contributed by atoms with Crippen molar-refractivity contribution in [2.24, 2.45) is 0 Å². The van der Waals surface area contributed by atoms with Crippen molar-refractivity contribution < 1.29 is 19.1 Å². The van der Waals surface area contributed by atoms with E-state index in [2.05, 4.69) is 11.9 Å². The highest BCUT2D eigenvalue weighted by Crippen LogP contribution is 2.19. The maximum Gasteiger partial charge on any atom is 0.340 e. The van der Waals surface area contributed by atoms with Crippen LogP contribution in [-0.2, 0) is 20.7 Å². The van der Waals surface area contributed by atoms with Crippen molar-refractivity contribution in [3.8, 4) is 0 Å². The zero-order valence-corrected chi connectivity index (χ0v) is 16.3. The van der Waals surface area contributed by atoms with E-state index in [0.717, 1.165) is 37.8 Å². The van der Waals surface area contributed by atoms with Crippen molar-refractivity contribution in [1.29, 1.82) is 0 Å². The molecular weight excluding hydrogens is 330 g/mol. The summed E-state index contributed by atoms with van der Waals surface area (Å²) in [6.45, 7) is 5.57. The largest absolute Gasteiger partial charge is 0.465 e. The van der Waals surface area contributed by atoms with E-state index in [4.69, 9.17) is 4.74 Å². The zero-order valence-electron chi connectivity index (χ0n) is 16.3. The molecule has 0 saturated carbocycles. The molecule has 0 unspecified atom stereocenters. The summed E-state index contributed by atoms with van der Waals surface area (Å²) >= 11 is 0. The second kappa shape index (κ2) is 11.3. The van der Waals surface area contributed by atoms with Crippen molar-refractivity contribution in [3.05, 3.63) is 34.7 Å². The van der Waals surface area contributed by atoms with E-state index >= 15 is 0 Å². The SMILES string of the molecule is CCCCCC(=O)C/C(=C\c1cc(CCC)ncc1C(=O)OC)C(C)=O. The fraction of sp³-hybridized carbons (Fsp3) is 0.524. The van der Waals surface area contributed by atoms with E-state index in [0.29, 0.717) is 23.1 Å². The van der Waals surface area contributed by atoms with Gasteiger partial charge >= 0.3 is 5.97 Å². The highest BCUT2D eigenvalue weighted by molar-refractivity contribution is 6.04. The number of carbonyl (C=O) groups is 3. The maximum atomic E-state index is 12.2. The Kier molecular flexibility index (Phi) is 9.48. The van der Waals surface area contributed by atoms with Crippen LogP contribution in [0.15, 0.2) is 17.8 Å². The van der Waals surface area contributed by atoms with Crippen molar-refractivity contribution >= 4 is 23.6 Å². The number of hydrogen-bond donors (Lipinski definition) is 0. The molecule has 0 spiro atoms. The quantitative estimate of drug-likeness (QED) is 0.334. The highest BCUT2D eigenvalue weighted by atomic mass is 16.5. The molecule has 0 bridgehead atoms. The fourth-order valence-electron chi connectivity index (χ4n) is 2.65. The number of pyridine rings is 1. The lowest BCUT2D eigenvalue weighted by Crippen LogP contribution is -2.09. The van der Waals surface area contributed by atoms with Gasteiger partial charge in [0.1, 0.15) is 5.78 Å². The van der Waals surface area contributed by atoms with Crippen LogP contribution in [0.4, 0.5) is 0 Å². The summed E-state index contributed by atoms with van der Waals surface area (Å²) in [5.41, 5.74) is 2.11. The van der Waals surface area contributed by atoms with Crippen LogP contribution in [0.2, 0.25) is 0 Å². The summed E-state index contributed by atoms with van der Waals surface area (Å²) in [7, 11) is 1.30. The minimum atomic E-state index is -0.510. The fourth-order valence-corrected chi connectivity index (χ4v) is 2.65. The van der Waals surface area contributed by atoms with Crippen LogP contribution in [-0.4, -0.2) is 29.6 Å². The van der Waals surface area contributed by atoms with Crippen molar-refractivity contribution in [3.63, 3.8) is 0 Å². The number of allylic oxidation sites excluding steroid dienone is 1. The second-order valence-electron chi connectivity index (χ2n) is 6.40. The molecule has 0 atom stereocenters. The average molecular weight is 359 g/mol. The number of Topliss-reactive ketones (excluding diaryl/α,β-unsaturated/α-hetero) is 2. The third-order valence-electron chi connectivity index (χ3n) is 4.13. The third-order valence-corrected chi connectivity index (χ3v) is 4.13. The Balaban J connectivity index is 3.16. The van der Waals surface area contributed by atoms with Gasteiger partial charge in [-0.2, -0.15) is 0 Å². The second-order valence-corrected chi connectivity index (χ2v) is 6.40. The number of methoxy groups -OCH3 is 1. The Morgan fingerprint density at radius 2 is 1.88 bits per heavy atom. The van der Waals surface area contributed by atoms with Crippen molar-refractivity contribution in [1.82, 2.24) is 4.98 Å². The van der Waals surface area contributed by atoms with E-state index in [1.807, 2.05) is 6.92 Å². The number of ketones is 2. The molecule has 0 N–H and O–H groups in total. The number of hydrogen-bond acceptors (Lipinski definition) is 5. The number of carbonyl (C=O) groups excluding carboxylic acids is 3. The third kappa shape index (κ3) is 6.90. The first-order valence-corrected chi connectivity index (χ1v) is 9.23. The van der Waals surface area contributed by atoms with E-state index in [9.17, 15) is 14.4 Å². The lowest BCUT2D eigenvalue weighted by atomic mass is 9.97. The molecule has 0 aliphatic heterocycles. The number of nitrogens with zero attached hydrogens (tertiary/aromatic N) is 1. The van der Waals surface area contributed by atoms with Gasteiger partial charge in [0.25, 0.3) is 0 Å². The first kappa shape index (κ1) is 21.7. The van der Waals surface area contributed by atoms with E-state index in [-0.39, 0.29) is 18.0 Å². The van der Waals surface area contributed by atoms with Crippen molar-refractivity contribution in [2.45, 2.75) is 65.7 Å². The molecule has 0 aliphatic carbocycles. The van der Waals surface area contributed by atoms with Crippen molar-refractivity contribution in [2.75, 3.05) is 7.11 Å². The number of aryl methyl sites for hydroxylation is 1. The van der Waals surface area contributed by atoms with Gasteiger partial charge in [-0.1, -0.05) is 33.1 Å². The van der Waals surface area contributed by atoms with Crippen LogP contribution in [0.1, 0.15) is 80.9 Å². The van der Waals surface area contributed by atoms with Gasteiger partial charge in [-0.15, -0.1) is 0 Å². The summed E-state index contributed by atoms with van der Waals surface area (Å²) < 4.78 is 4.81. The Bertz CT molecular complexity index is 677. The average Bonchev–Trinajstić information content (AvgIpc) is 2.61. The zero-order chi connectivity index (χ0) is 19.5. The summed E-state index contributed by atoms with van der Waals surface area (Å²) in [4.78, 5) is 40.5. The van der Waals surface area contributed by atoms with Gasteiger partial charge in [-0.3, -0.25) is 14.6 Å². The monoisotopic (exact) mass is 359 g/mol. The Morgan fingerprint density at radius 1 is 1.15 bits per heavy atom. The molecule has 0 saturated heterocycles. The smallest absolute Gasteiger partial charge is 0.340 e. The number of rotatable bonds is 11. The van der Waals surface area contributed by atoms with Gasteiger partial charge in [-0.05, 0) is 37.5 Å². The molecule has 1 rings (SSSR count). The molecule has 5 heteroatoms. The van der Waals surface area contributed by atoms with Gasteiger partial charge in [0.2, 0.25) is 0 Å². The number of unbranched alkanes of at least 4 members (excludes halogenated alkanes) is 2. The Labute approximate surface area is 155 Å². The molecule has 1 aromatic heterocycles. The topological polar surface area (TPSA) is 73.3 Å². The summed E-state index contributed by atoms with van der Waals surface area (Å²) in [6.07, 6.45) is 8.24. The van der Waals surface area contributed by atoms with Crippen LogP contribution >= 0.6 is 0 Å². The molecular formula is C21H29NO4. The lowest BCUT2D eigenvalue weighted by molar-refractivity contribution is -0.120. The van der Waals surface area contributed by atoms with E-state index < -0.39 is 5.97 Å². The maximum absolute atomic E-state index is 12.2. The van der Waals surface area contributed by atoms with Crippen LogP contribution in [0.5, 0.6) is 0 Å². The predicted octanol–water partition coefficient (Wildman–Crippen LogP) is 4.33. The van der Waals surface area contributed by atoms with E-state index in [1.165, 1.54) is 20.2 Å². The molecule has 0 amide bonds. The van der Waals surface area contributed by atoms with Gasteiger partial charge in [0, 0.05) is 30.3 Å². The van der Waals surface area contributed by atoms with Crippen LogP contribution in [0, 0.1) is 0 Å². The normalized spacial score (nSPS) is 11.3. The molecule has 0 radical (unpaired) electrons. The molecule has 5 nitrogen and oxygen atoms in total. The molecule has 142 valence electrons. The first-order chi connectivity index (χ1) is 12.4. The van der Waals surface area contributed by atoms with E-state index in [1.54, 1.807) is 12.1 Å². The molecule has 0 aromatic carbocycles. The number of aromatic nitrogens is 1. The highest BCUT2D eigenvalue weighted by Gasteiger charge is 2.16. The minimum absolute atomic E-state index is 0.0438.